The zero-order valence-corrected chi connectivity index (χ0v) is 19.3. The van der Waals surface area contributed by atoms with Crippen LogP contribution in [0.25, 0.3) is 22.6 Å². The van der Waals surface area contributed by atoms with E-state index in [0.717, 1.165) is 6.07 Å². The fourth-order valence-corrected chi connectivity index (χ4v) is 3.63. The van der Waals surface area contributed by atoms with Crippen molar-refractivity contribution in [2.45, 2.75) is 25.8 Å². The Balaban J connectivity index is 1.65. The Morgan fingerprint density at radius 2 is 1.88 bits per heavy atom. The summed E-state index contributed by atoms with van der Waals surface area (Å²) in [4.78, 5) is 16.4. The number of anilines is 1. The summed E-state index contributed by atoms with van der Waals surface area (Å²) in [6.45, 7) is 4.82. The normalized spacial score (nSPS) is 11.7. The molecule has 0 radical (unpaired) electrons. The molecule has 0 atom stereocenters. The van der Waals surface area contributed by atoms with Crippen molar-refractivity contribution in [3.63, 3.8) is 0 Å². The summed E-state index contributed by atoms with van der Waals surface area (Å²) in [6, 6.07) is 10.4. The molecule has 0 aliphatic heterocycles. The van der Waals surface area contributed by atoms with Crippen LogP contribution in [0.3, 0.4) is 0 Å². The zero-order valence-electron chi connectivity index (χ0n) is 18.5. The Labute approximate surface area is 200 Å². The van der Waals surface area contributed by atoms with E-state index in [9.17, 15) is 13.9 Å². The zero-order chi connectivity index (χ0) is 24.5. The van der Waals surface area contributed by atoms with Crippen LogP contribution in [0.5, 0.6) is 5.75 Å². The maximum Gasteiger partial charge on any atom is 0.220 e. The first-order valence-corrected chi connectivity index (χ1v) is 10.8. The van der Waals surface area contributed by atoms with Crippen molar-refractivity contribution < 1.29 is 13.9 Å². The van der Waals surface area contributed by atoms with Gasteiger partial charge in [0, 0.05) is 30.3 Å². The third kappa shape index (κ3) is 5.00. The van der Waals surface area contributed by atoms with Gasteiger partial charge in [0.2, 0.25) is 5.95 Å². The summed E-state index contributed by atoms with van der Waals surface area (Å²) in [5.74, 6) is -1.05. The second-order valence-electron chi connectivity index (χ2n) is 8.51. The SMILES string of the molecule is CC(C)(CNCc1ccc(F)c(F)c1)c1nc(-c2ccc(Cl)c(O)c2)c(-c2ccnc(N)n2)[nH]1. The fraction of sp³-hybridized carbons (Fsp3) is 0.208. The number of phenols is 1. The number of aromatic amines is 1. The molecule has 0 aliphatic carbocycles. The topological polar surface area (TPSA) is 113 Å². The van der Waals surface area contributed by atoms with Crippen molar-refractivity contribution in [1.29, 1.82) is 0 Å². The lowest BCUT2D eigenvalue weighted by Gasteiger charge is -2.23. The van der Waals surface area contributed by atoms with Crippen LogP contribution in [0, 0.1) is 11.6 Å². The predicted octanol–water partition coefficient (Wildman–Crippen LogP) is 4.82. The predicted molar refractivity (Wildman–Crippen MR) is 127 cm³/mol. The largest absolute Gasteiger partial charge is 0.506 e. The first-order chi connectivity index (χ1) is 16.1. The van der Waals surface area contributed by atoms with Gasteiger partial charge in [-0.05, 0) is 35.9 Å². The summed E-state index contributed by atoms with van der Waals surface area (Å²) < 4.78 is 26.7. The summed E-state index contributed by atoms with van der Waals surface area (Å²) in [5, 5.41) is 13.6. The highest BCUT2D eigenvalue weighted by Gasteiger charge is 2.27. The van der Waals surface area contributed by atoms with Gasteiger partial charge < -0.3 is 21.1 Å². The lowest BCUT2D eigenvalue weighted by atomic mass is 9.92. The van der Waals surface area contributed by atoms with Gasteiger partial charge in [-0.1, -0.05) is 37.6 Å². The highest BCUT2D eigenvalue weighted by atomic mass is 35.5. The van der Waals surface area contributed by atoms with Gasteiger partial charge in [0.1, 0.15) is 11.6 Å². The van der Waals surface area contributed by atoms with E-state index in [4.69, 9.17) is 22.3 Å². The minimum atomic E-state index is -0.880. The van der Waals surface area contributed by atoms with Crippen molar-refractivity contribution in [2.75, 3.05) is 12.3 Å². The van der Waals surface area contributed by atoms with Gasteiger partial charge in [-0.25, -0.2) is 23.7 Å². The molecule has 2 heterocycles. The number of rotatable bonds is 7. The van der Waals surface area contributed by atoms with Crippen LogP contribution in [-0.4, -0.2) is 31.6 Å². The number of nitrogens with one attached hydrogen (secondary N) is 2. The van der Waals surface area contributed by atoms with Gasteiger partial charge in [0.25, 0.3) is 0 Å². The standard InChI is InChI=1S/C24H23ClF2N6O/c1-24(2,12-29-11-13-3-6-16(26)17(27)9-13)22-32-20(14-4-5-15(25)19(34)10-14)21(33-22)18-7-8-30-23(28)31-18/h3-10,29,34H,11-12H2,1-2H3,(H,32,33)(H2,28,30,31). The summed E-state index contributed by atoms with van der Waals surface area (Å²) in [6.07, 6.45) is 1.55. The number of phenolic OH excluding ortho intramolecular Hbond substituents is 1. The Morgan fingerprint density at radius 3 is 2.59 bits per heavy atom. The molecule has 0 bridgehead atoms. The van der Waals surface area contributed by atoms with Gasteiger partial charge >= 0.3 is 0 Å². The fourth-order valence-electron chi connectivity index (χ4n) is 3.51. The number of nitrogens with two attached hydrogens (primary N) is 1. The lowest BCUT2D eigenvalue weighted by Crippen LogP contribution is -2.33. The third-order valence-corrected chi connectivity index (χ3v) is 5.69. The molecule has 0 fully saturated rings. The molecule has 0 spiro atoms. The molecule has 4 rings (SSSR count). The first kappa shape index (κ1) is 23.6. The molecule has 0 aliphatic rings. The number of hydrogen-bond donors (Lipinski definition) is 4. The smallest absolute Gasteiger partial charge is 0.220 e. The molecule has 7 nitrogen and oxygen atoms in total. The molecule has 0 saturated carbocycles. The van der Waals surface area contributed by atoms with E-state index in [2.05, 4.69) is 20.3 Å². The number of halogens is 3. The van der Waals surface area contributed by atoms with Gasteiger partial charge in [-0.3, -0.25) is 0 Å². The van der Waals surface area contributed by atoms with E-state index in [-0.39, 0.29) is 16.7 Å². The van der Waals surface area contributed by atoms with Crippen molar-refractivity contribution in [1.82, 2.24) is 25.3 Å². The third-order valence-electron chi connectivity index (χ3n) is 5.37. The number of imidazole rings is 1. The molecule has 4 aromatic rings. The molecule has 5 N–H and O–H groups in total. The van der Waals surface area contributed by atoms with E-state index in [1.807, 2.05) is 13.8 Å². The molecular formula is C24H23ClF2N6O. The van der Waals surface area contributed by atoms with Gasteiger partial charge in [0.05, 0.1) is 22.1 Å². The highest BCUT2D eigenvalue weighted by Crippen LogP contribution is 2.36. The monoisotopic (exact) mass is 484 g/mol. The van der Waals surface area contributed by atoms with E-state index in [1.165, 1.54) is 18.2 Å². The molecule has 34 heavy (non-hydrogen) atoms. The second kappa shape index (κ2) is 9.36. The molecule has 176 valence electrons. The molecule has 0 amide bonds. The summed E-state index contributed by atoms with van der Waals surface area (Å²) >= 11 is 5.98. The number of nitrogen functional groups attached to an aromatic ring is 1. The average Bonchev–Trinajstić information content (AvgIpc) is 3.25. The highest BCUT2D eigenvalue weighted by molar-refractivity contribution is 6.32. The minimum absolute atomic E-state index is 0.0654. The molecule has 2 aromatic carbocycles. The van der Waals surface area contributed by atoms with E-state index in [0.29, 0.717) is 47.1 Å². The number of nitrogens with zero attached hydrogens (tertiary/aromatic N) is 3. The maximum atomic E-state index is 13.5. The minimum Gasteiger partial charge on any atom is -0.506 e. The number of aromatic hydroxyl groups is 1. The van der Waals surface area contributed by atoms with E-state index >= 15 is 0 Å². The van der Waals surface area contributed by atoms with Crippen LogP contribution in [0.1, 0.15) is 25.2 Å². The Hall–Kier alpha value is -3.56. The van der Waals surface area contributed by atoms with Crippen molar-refractivity contribution >= 4 is 17.5 Å². The van der Waals surface area contributed by atoms with E-state index < -0.39 is 17.0 Å². The summed E-state index contributed by atoms with van der Waals surface area (Å²) in [5.41, 5.74) is 8.29. The summed E-state index contributed by atoms with van der Waals surface area (Å²) in [7, 11) is 0. The number of aromatic nitrogens is 4. The molecule has 0 unspecified atom stereocenters. The van der Waals surface area contributed by atoms with Crippen molar-refractivity contribution in [3.8, 4) is 28.4 Å². The molecule has 2 aromatic heterocycles. The van der Waals surface area contributed by atoms with Gasteiger partial charge in [0.15, 0.2) is 11.6 Å². The second-order valence-corrected chi connectivity index (χ2v) is 8.92. The van der Waals surface area contributed by atoms with Crippen LogP contribution in [0.4, 0.5) is 14.7 Å². The van der Waals surface area contributed by atoms with Crippen LogP contribution in [0.2, 0.25) is 5.02 Å². The lowest BCUT2D eigenvalue weighted by molar-refractivity contribution is 0.446. The Bertz CT molecular complexity index is 1340. The Kier molecular flexibility index (Phi) is 6.49. The van der Waals surface area contributed by atoms with Crippen LogP contribution >= 0.6 is 11.6 Å². The first-order valence-electron chi connectivity index (χ1n) is 10.5. The molecule has 0 saturated heterocycles. The quantitative estimate of drug-likeness (QED) is 0.299. The van der Waals surface area contributed by atoms with E-state index in [1.54, 1.807) is 24.4 Å². The van der Waals surface area contributed by atoms with Gasteiger partial charge in [-0.2, -0.15) is 0 Å². The molecule has 10 heteroatoms. The van der Waals surface area contributed by atoms with Crippen LogP contribution in [0.15, 0.2) is 48.7 Å². The Morgan fingerprint density at radius 1 is 1.09 bits per heavy atom. The number of hydrogen-bond acceptors (Lipinski definition) is 6. The number of benzene rings is 2. The molecular weight excluding hydrogens is 462 g/mol. The average molecular weight is 485 g/mol. The van der Waals surface area contributed by atoms with Crippen molar-refractivity contribution in [3.05, 3.63) is 76.7 Å². The van der Waals surface area contributed by atoms with Crippen molar-refractivity contribution in [2.24, 2.45) is 0 Å². The van der Waals surface area contributed by atoms with Crippen LogP contribution in [-0.2, 0) is 12.0 Å². The van der Waals surface area contributed by atoms with Crippen LogP contribution < -0.4 is 11.1 Å². The maximum absolute atomic E-state index is 13.5. The van der Waals surface area contributed by atoms with Gasteiger partial charge in [-0.15, -0.1) is 0 Å². The number of H-pyrrole nitrogens is 1.